The standard InChI is InChI=1S/C25H20N4O2S/c1-2-16-10-6-12-19-20(15-27-21(16)19)22(30)23(17-8-4-3-5-9-17)32-25-29-28-24(31-25)18-11-7-13-26-14-18/h3-15,23,27H,2H2,1H3/t23-/m1/s1. The molecule has 7 heteroatoms. The Labute approximate surface area is 189 Å². The third-order valence-corrected chi connectivity index (χ3v) is 6.41. The first-order valence-electron chi connectivity index (χ1n) is 10.3. The van der Waals surface area contributed by atoms with Crippen molar-refractivity contribution in [2.24, 2.45) is 0 Å². The Balaban J connectivity index is 1.51. The number of hydrogen-bond donors (Lipinski definition) is 1. The molecule has 0 aliphatic carbocycles. The van der Waals surface area contributed by atoms with Crippen molar-refractivity contribution in [1.29, 1.82) is 0 Å². The summed E-state index contributed by atoms with van der Waals surface area (Å²) in [5.74, 6) is 0.362. The second-order valence-corrected chi connectivity index (χ2v) is 8.34. The van der Waals surface area contributed by atoms with Crippen molar-refractivity contribution in [3.8, 4) is 11.5 Å². The van der Waals surface area contributed by atoms with Gasteiger partial charge in [-0.25, -0.2) is 0 Å². The van der Waals surface area contributed by atoms with Crippen molar-refractivity contribution in [1.82, 2.24) is 20.2 Å². The van der Waals surface area contributed by atoms with Crippen molar-refractivity contribution in [2.75, 3.05) is 0 Å². The molecule has 3 aromatic heterocycles. The molecule has 0 fully saturated rings. The highest BCUT2D eigenvalue weighted by molar-refractivity contribution is 8.00. The Morgan fingerprint density at radius 2 is 1.94 bits per heavy atom. The van der Waals surface area contributed by atoms with Crippen molar-refractivity contribution in [3.63, 3.8) is 0 Å². The van der Waals surface area contributed by atoms with Crippen LogP contribution in [-0.4, -0.2) is 25.9 Å². The van der Waals surface area contributed by atoms with Crippen molar-refractivity contribution >= 4 is 28.4 Å². The normalized spacial score (nSPS) is 12.2. The number of fused-ring (bicyclic) bond motifs is 1. The number of pyridine rings is 1. The van der Waals surface area contributed by atoms with E-state index in [-0.39, 0.29) is 5.78 Å². The monoisotopic (exact) mass is 440 g/mol. The summed E-state index contributed by atoms with van der Waals surface area (Å²) in [6.45, 7) is 2.11. The summed E-state index contributed by atoms with van der Waals surface area (Å²) in [5, 5.41) is 9.04. The lowest BCUT2D eigenvalue weighted by Gasteiger charge is -2.13. The lowest BCUT2D eigenvalue weighted by Crippen LogP contribution is -2.09. The maximum Gasteiger partial charge on any atom is 0.277 e. The number of rotatable bonds is 7. The molecule has 1 atom stereocenters. The number of nitrogens with one attached hydrogen (secondary N) is 1. The molecule has 0 aliphatic heterocycles. The van der Waals surface area contributed by atoms with E-state index in [0.717, 1.165) is 28.5 Å². The van der Waals surface area contributed by atoms with Gasteiger partial charge in [0.15, 0.2) is 5.78 Å². The lowest BCUT2D eigenvalue weighted by atomic mass is 10.0. The average Bonchev–Trinajstić information content (AvgIpc) is 3.50. The summed E-state index contributed by atoms with van der Waals surface area (Å²) in [4.78, 5) is 21.1. The predicted octanol–water partition coefficient (Wildman–Crippen LogP) is 5.89. The molecule has 0 radical (unpaired) electrons. The van der Waals surface area contributed by atoms with Crippen LogP contribution >= 0.6 is 11.8 Å². The molecule has 0 unspecified atom stereocenters. The average molecular weight is 441 g/mol. The van der Waals surface area contributed by atoms with E-state index in [0.29, 0.717) is 16.7 Å². The van der Waals surface area contributed by atoms with Gasteiger partial charge in [-0.15, -0.1) is 10.2 Å². The Morgan fingerprint density at radius 3 is 2.72 bits per heavy atom. The molecule has 6 nitrogen and oxygen atoms in total. The van der Waals surface area contributed by atoms with Gasteiger partial charge in [0.1, 0.15) is 5.25 Å². The number of hydrogen-bond acceptors (Lipinski definition) is 6. The van der Waals surface area contributed by atoms with Crippen LogP contribution in [0.5, 0.6) is 0 Å². The molecular formula is C25H20N4O2S. The number of benzene rings is 2. The van der Waals surface area contributed by atoms with Gasteiger partial charge >= 0.3 is 0 Å². The van der Waals surface area contributed by atoms with Gasteiger partial charge in [0.25, 0.3) is 5.22 Å². The summed E-state index contributed by atoms with van der Waals surface area (Å²) in [5.41, 5.74) is 4.46. The predicted molar refractivity (Wildman–Crippen MR) is 125 cm³/mol. The van der Waals surface area contributed by atoms with Crippen LogP contribution in [0.3, 0.4) is 0 Å². The van der Waals surface area contributed by atoms with Gasteiger partial charge in [-0.2, -0.15) is 0 Å². The Hall–Kier alpha value is -3.71. The van der Waals surface area contributed by atoms with Gasteiger partial charge in [0.2, 0.25) is 5.89 Å². The fraction of sp³-hybridized carbons (Fsp3) is 0.120. The number of aromatic nitrogens is 4. The number of carbonyl (C=O) groups excluding carboxylic acids is 1. The molecular weight excluding hydrogens is 420 g/mol. The lowest BCUT2D eigenvalue weighted by molar-refractivity contribution is 0.0990. The zero-order chi connectivity index (χ0) is 21.9. The van der Waals surface area contributed by atoms with Crippen LogP contribution in [0.25, 0.3) is 22.4 Å². The number of Topliss-reactive ketones (excluding diaryl/α,β-unsaturated/α-hetero) is 1. The number of carbonyl (C=O) groups is 1. The summed E-state index contributed by atoms with van der Waals surface area (Å²) in [7, 11) is 0. The highest BCUT2D eigenvalue weighted by atomic mass is 32.2. The molecule has 5 aromatic rings. The van der Waals surface area contributed by atoms with E-state index in [1.165, 1.54) is 17.3 Å². The molecule has 0 bridgehead atoms. The molecule has 5 rings (SSSR count). The SMILES string of the molecule is CCc1cccc2c(C(=O)[C@H](Sc3nnc(-c4cccnc4)o3)c3ccccc3)c[nH]c12. The van der Waals surface area contributed by atoms with Crippen LogP contribution in [0, 0.1) is 0 Å². The summed E-state index contributed by atoms with van der Waals surface area (Å²) in [6, 6.07) is 19.4. The third kappa shape index (κ3) is 3.83. The molecule has 158 valence electrons. The highest BCUT2D eigenvalue weighted by Gasteiger charge is 2.28. The quantitative estimate of drug-likeness (QED) is 0.251. The summed E-state index contributed by atoms with van der Waals surface area (Å²) >= 11 is 1.26. The van der Waals surface area contributed by atoms with E-state index < -0.39 is 5.25 Å². The topological polar surface area (TPSA) is 84.7 Å². The van der Waals surface area contributed by atoms with Gasteiger partial charge in [-0.1, -0.05) is 55.5 Å². The molecule has 1 N–H and O–H groups in total. The van der Waals surface area contributed by atoms with E-state index in [2.05, 4.69) is 33.2 Å². The van der Waals surface area contributed by atoms with E-state index >= 15 is 0 Å². The van der Waals surface area contributed by atoms with E-state index in [1.54, 1.807) is 18.6 Å². The Morgan fingerprint density at radius 1 is 1.06 bits per heavy atom. The molecule has 0 aliphatic rings. The minimum atomic E-state index is -0.525. The molecule has 0 spiro atoms. The second-order valence-electron chi connectivity index (χ2n) is 7.28. The number of ketones is 1. The number of aromatic amines is 1. The van der Waals surface area contributed by atoms with E-state index in [4.69, 9.17) is 4.42 Å². The Bertz CT molecular complexity index is 1360. The zero-order valence-corrected chi connectivity index (χ0v) is 18.2. The smallest absolute Gasteiger partial charge is 0.277 e. The third-order valence-electron chi connectivity index (χ3n) is 5.32. The second kappa shape index (κ2) is 8.80. The summed E-state index contributed by atoms with van der Waals surface area (Å²) < 4.78 is 5.85. The number of nitrogens with zero attached hydrogens (tertiary/aromatic N) is 3. The molecule has 2 aromatic carbocycles. The van der Waals surface area contributed by atoms with Crippen molar-refractivity contribution < 1.29 is 9.21 Å². The van der Waals surface area contributed by atoms with Crippen LogP contribution in [0.2, 0.25) is 0 Å². The molecule has 0 amide bonds. The first kappa shape index (κ1) is 20.2. The zero-order valence-electron chi connectivity index (χ0n) is 17.4. The van der Waals surface area contributed by atoms with Crippen LogP contribution in [-0.2, 0) is 6.42 Å². The molecule has 3 heterocycles. The van der Waals surface area contributed by atoms with E-state index in [9.17, 15) is 4.79 Å². The molecule has 32 heavy (non-hydrogen) atoms. The number of thioether (sulfide) groups is 1. The summed E-state index contributed by atoms with van der Waals surface area (Å²) in [6.07, 6.45) is 6.04. The van der Waals surface area contributed by atoms with Crippen LogP contribution in [0.4, 0.5) is 0 Å². The van der Waals surface area contributed by atoms with Gasteiger partial charge in [0, 0.05) is 35.1 Å². The molecule has 0 saturated carbocycles. The maximum absolute atomic E-state index is 13.8. The first-order chi connectivity index (χ1) is 15.7. The minimum Gasteiger partial charge on any atom is -0.411 e. The van der Waals surface area contributed by atoms with Crippen LogP contribution in [0.1, 0.15) is 33.7 Å². The van der Waals surface area contributed by atoms with Gasteiger partial charge in [-0.3, -0.25) is 9.78 Å². The van der Waals surface area contributed by atoms with Crippen LogP contribution < -0.4 is 0 Å². The van der Waals surface area contributed by atoms with Gasteiger partial charge < -0.3 is 9.40 Å². The fourth-order valence-corrected chi connectivity index (χ4v) is 4.67. The minimum absolute atomic E-state index is 0.0122. The molecule has 0 saturated heterocycles. The number of aryl methyl sites for hydroxylation is 1. The van der Waals surface area contributed by atoms with Crippen molar-refractivity contribution in [2.45, 2.75) is 23.8 Å². The highest BCUT2D eigenvalue weighted by Crippen LogP contribution is 2.39. The number of H-pyrrole nitrogens is 1. The maximum atomic E-state index is 13.8. The fourth-order valence-electron chi connectivity index (χ4n) is 3.72. The van der Waals surface area contributed by atoms with Crippen LogP contribution in [0.15, 0.2) is 88.9 Å². The first-order valence-corrected chi connectivity index (χ1v) is 11.2. The largest absolute Gasteiger partial charge is 0.411 e. The Kier molecular flexibility index (Phi) is 5.56. The van der Waals surface area contributed by atoms with E-state index in [1.807, 2.05) is 54.6 Å². The van der Waals surface area contributed by atoms with Gasteiger partial charge in [-0.05, 0) is 41.4 Å². The number of para-hydroxylation sites is 1. The van der Waals surface area contributed by atoms with Gasteiger partial charge in [0.05, 0.1) is 5.56 Å². The van der Waals surface area contributed by atoms with Crippen molar-refractivity contribution in [3.05, 3.63) is 95.9 Å².